The Morgan fingerprint density at radius 2 is 1.94 bits per heavy atom. The van der Waals surface area contributed by atoms with Crippen LogP contribution in [-0.2, 0) is 15.3 Å². The largest absolute Gasteiger partial charge is 0.468 e. The van der Waals surface area contributed by atoms with Crippen LogP contribution in [0.2, 0.25) is 0 Å². The highest BCUT2D eigenvalue weighted by molar-refractivity contribution is 7.99. The summed E-state index contributed by atoms with van der Waals surface area (Å²) in [5, 5.41) is 0.0239. The van der Waals surface area contributed by atoms with Crippen molar-refractivity contribution in [3.8, 4) is 0 Å². The molecule has 0 N–H and O–H groups in total. The Labute approximate surface area is 113 Å². The third-order valence-corrected chi connectivity index (χ3v) is 4.63. The van der Waals surface area contributed by atoms with Crippen molar-refractivity contribution in [3.63, 3.8) is 0 Å². The van der Waals surface area contributed by atoms with Gasteiger partial charge in [-0.25, -0.2) is 0 Å². The van der Waals surface area contributed by atoms with Gasteiger partial charge in [-0.2, -0.15) is 0 Å². The number of esters is 1. The second-order valence-corrected chi connectivity index (χ2v) is 6.22. The van der Waals surface area contributed by atoms with Crippen LogP contribution >= 0.6 is 11.8 Å². The van der Waals surface area contributed by atoms with E-state index in [1.807, 2.05) is 0 Å². The van der Waals surface area contributed by atoms with Gasteiger partial charge in [0.05, 0.1) is 7.11 Å². The Bertz CT molecular complexity index is 418. The number of carbonyl (C=O) groups excluding carboxylic acids is 1. The van der Waals surface area contributed by atoms with Gasteiger partial charge in [0.25, 0.3) is 0 Å². The van der Waals surface area contributed by atoms with Crippen molar-refractivity contribution in [2.24, 2.45) is 5.92 Å². The maximum Gasteiger partial charge on any atom is 0.319 e. The monoisotopic (exact) mass is 264 g/mol. The van der Waals surface area contributed by atoms with E-state index in [1.165, 1.54) is 36.6 Å². The topological polar surface area (TPSA) is 26.3 Å². The fraction of sp³-hybridized carbons (Fsp3) is 0.533. The number of hydrogen-bond acceptors (Lipinski definition) is 3. The van der Waals surface area contributed by atoms with Crippen molar-refractivity contribution in [1.29, 1.82) is 0 Å². The molecule has 0 heterocycles. The van der Waals surface area contributed by atoms with E-state index in [9.17, 15) is 4.79 Å². The maximum atomic E-state index is 11.7. The van der Waals surface area contributed by atoms with Crippen molar-refractivity contribution >= 4 is 17.7 Å². The van der Waals surface area contributed by atoms with Gasteiger partial charge in [0.1, 0.15) is 5.25 Å². The second kappa shape index (κ2) is 5.79. The van der Waals surface area contributed by atoms with E-state index in [1.54, 1.807) is 11.8 Å². The number of carbonyl (C=O) groups is 1. The number of methoxy groups -OCH3 is 1. The van der Waals surface area contributed by atoms with E-state index >= 15 is 0 Å². The van der Waals surface area contributed by atoms with E-state index in [0.717, 1.165) is 5.75 Å². The Morgan fingerprint density at radius 1 is 1.33 bits per heavy atom. The molecule has 0 spiro atoms. The van der Waals surface area contributed by atoms with Crippen LogP contribution in [0.3, 0.4) is 0 Å². The van der Waals surface area contributed by atoms with Gasteiger partial charge >= 0.3 is 5.97 Å². The third kappa shape index (κ3) is 3.52. The molecule has 0 radical (unpaired) electrons. The highest BCUT2D eigenvalue weighted by Gasteiger charge is 2.37. The van der Waals surface area contributed by atoms with Gasteiger partial charge in [0, 0.05) is 5.75 Å². The standard InChI is InChI=1S/C15H20O2S/c1-10-6-11(2)8-12(7-10)9-18-14(13-4-5-13)15(16)17-3/h6-8,13-14H,4-5,9H2,1-3H3. The molecular formula is C15H20O2S. The zero-order valence-corrected chi connectivity index (χ0v) is 12.0. The Kier molecular flexibility index (Phi) is 4.33. The fourth-order valence-electron chi connectivity index (χ4n) is 2.25. The minimum absolute atomic E-state index is 0.0239. The fourth-order valence-corrected chi connectivity index (χ4v) is 3.57. The summed E-state index contributed by atoms with van der Waals surface area (Å²) >= 11 is 1.72. The van der Waals surface area contributed by atoms with Crippen molar-refractivity contribution in [2.75, 3.05) is 7.11 Å². The first-order chi connectivity index (χ1) is 8.60. The van der Waals surface area contributed by atoms with Gasteiger partial charge in [-0.15, -0.1) is 11.8 Å². The normalized spacial score (nSPS) is 16.4. The SMILES string of the molecule is COC(=O)C(SCc1cc(C)cc(C)c1)C1CC1. The van der Waals surface area contributed by atoms with Crippen LogP contribution < -0.4 is 0 Å². The minimum atomic E-state index is -0.0631. The van der Waals surface area contributed by atoms with Crippen molar-refractivity contribution in [1.82, 2.24) is 0 Å². The maximum absolute atomic E-state index is 11.7. The van der Waals surface area contributed by atoms with Gasteiger partial charge in [-0.1, -0.05) is 29.3 Å². The molecule has 1 aliphatic rings. The Morgan fingerprint density at radius 3 is 2.44 bits per heavy atom. The molecule has 1 fully saturated rings. The summed E-state index contributed by atoms with van der Waals surface area (Å²) in [5.74, 6) is 1.36. The molecule has 3 heteroatoms. The first-order valence-electron chi connectivity index (χ1n) is 6.36. The summed E-state index contributed by atoms with van der Waals surface area (Å²) in [6.07, 6.45) is 2.33. The van der Waals surface area contributed by atoms with Gasteiger partial charge in [0.2, 0.25) is 0 Å². The lowest BCUT2D eigenvalue weighted by Gasteiger charge is -2.13. The van der Waals surface area contributed by atoms with Gasteiger partial charge in [0.15, 0.2) is 0 Å². The zero-order chi connectivity index (χ0) is 13.1. The van der Waals surface area contributed by atoms with Gasteiger partial charge in [-0.3, -0.25) is 4.79 Å². The average Bonchev–Trinajstić information content (AvgIpc) is 3.12. The smallest absolute Gasteiger partial charge is 0.319 e. The molecule has 2 nitrogen and oxygen atoms in total. The molecule has 0 aliphatic heterocycles. The predicted octanol–water partition coefficient (Wildman–Crippen LogP) is 3.49. The molecule has 0 aromatic heterocycles. The zero-order valence-electron chi connectivity index (χ0n) is 11.2. The molecule has 0 bridgehead atoms. The summed E-state index contributed by atoms with van der Waals surface area (Å²) in [5.41, 5.74) is 3.87. The molecule has 1 atom stereocenters. The molecule has 0 saturated heterocycles. The lowest BCUT2D eigenvalue weighted by atomic mass is 10.1. The summed E-state index contributed by atoms with van der Waals surface area (Å²) in [7, 11) is 1.48. The minimum Gasteiger partial charge on any atom is -0.468 e. The Balaban J connectivity index is 1.98. The molecule has 2 rings (SSSR count). The van der Waals surface area contributed by atoms with Crippen LogP contribution in [0.1, 0.15) is 29.5 Å². The van der Waals surface area contributed by atoms with Crippen molar-refractivity contribution < 1.29 is 9.53 Å². The van der Waals surface area contributed by atoms with Crippen LogP contribution in [-0.4, -0.2) is 18.3 Å². The number of hydrogen-bond donors (Lipinski definition) is 0. The lowest BCUT2D eigenvalue weighted by molar-refractivity contribution is -0.140. The van der Waals surface area contributed by atoms with E-state index in [0.29, 0.717) is 5.92 Å². The molecule has 1 aliphatic carbocycles. The molecule has 1 aromatic rings. The summed E-state index contributed by atoms with van der Waals surface area (Å²) in [6, 6.07) is 6.56. The Hall–Kier alpha value is -0.960. The first kappa shape index (κ1) is 13.5. The molecule has 1 unspecified atom stereocenters. The number of ether oxygens (including phenoxy) is 1. The molecule has 0 amide bonds. The highest BCUT2D eigenvalue weighted by atomic mass is 32.2. The second-order valence-electron chi connectivity index (χ2n) is 5.09. The summed E-state index contributed by atoms with van der Waals surface area (Å²) in [4.78, 5) is 11.7. The predicted molar refractivity (Wildman–Crippen MR) is 75.7 cm³/mol. The van der Waals surface area contributed by atoms with Crippen LogP contribution in [0.4, 0.5) is 0 Å². The lowest BCUT2D eigenvalue weighted by Crippen LogP contribution is -2.21. The summed E-state index contributed by atoms with van der Waals surface area (Å²) < 4.78 is 4.89. The van der Waals surface area contributed by atoms with Crippen LogP contribution in [0.25, 0.3) is 0 Å². The number of benzene rings is 1. The molecule has 1 aromatic carbocycles. The van der Waals surface area contributed by atoms with Crippen molar-refractivity contribution in [2.45, 2.75) is 37.7 Å². The quantitative estimate of drug-likeness (QED) is 0.762. The number of thioether (sulfide) groups is 1. The van der Waals surface area contributed by atoms with Crippen LogP contribution in [0, 0.1) is 19.8 Å². The van der Waals surface area contributed by atoms with E-state index in [-0.39, 0.29) is 11.2 Å². The van der Waals surface area contributed by atoms with Crippen LogP contribution in [0.5, 0.6) is 0 Å². The third-order valence-electron chi connectivity index (χ3n) is 3.19. The van der Waals surface area contributed by atoms with Gasteiger partial charge in [-0.05, 0) is 38.2 Å². The van der Waals surface area contributed by atoms with Gasteiger partial charge < -0.3 is 4.74 Å². The summed E-state index contributed by atoms with van der Waals surface area (Å²) in [6.45, 7) is 4.22. The van der Waals surface area contributed by atoms with E-state index in [2.05, 4.69) is 32.0 Å². The van der Waals surface area contributed by atoms with Crippen LogP contribution in [0.15, 0.2) is 18.2 Å². The van der Waals surface area contributed by atoms with Crippen molar-refractivity contribution in [3.05, 3.63) is 34.9 Å². The molecule has 18 heavy (non-hydrogen) atoms. The highest BCUT2D eigenvalue weighted by Crippen LogP contribution is 2.40. The number of aryl methyl sites for hydroxylation is 2. The number of rotatable bonds is 5. The van der Waals surface area contributed by atoms with E-state index in [4.69, 9.17) is 4.74 Å². The average molecular weight is 264 g/mol. The van der Waals surface area contributed by atoms with E-state index < -0.39 is 0 Å². The first-order valence-corrected chi connectivity index (χ1v) is 7.41. The molecular weight excluding hydrogens is 244 g/mol. The molecule has 98 valence electrons. The molecule has 1 saturated carbocycles.